The van der Waals surface area contributed by atoms with E-state index in [0.717, 1.165) is 29.7 Å². The van der Waals surface area contributed by atoms with Crippen LogP contribution in [0.25, 0.3) is 0 Å². The Kier molecular flexibility index (Phi) is 7.06. The zero-order chi connectivity index (χ0) is 19.3. The van der Waals surface area contributed by atoms with Crippen LogP contribution in [0.3, 0.4) is 0 Å². The average Bonchev–Trinajstić information content (AvgIpc) is 2.58. The summed E-state index contributed by atoms with van der Waals surface area (Å²) in [6.07, 6.45) is 2.65. The van der Waals surface area contributed by atoms with Crippen LogP contribution in [-0.2, 0) is 19.6 Å². The minimum absolute atomic E-state index is 0.0179. The Labute approximate surface area is 157 Å². The van der Waals surface area contributed by atoms with E-state index in [1.807, 2.05) is 39.0 Å². The molecule has 1 fully saturated rings. The van der Waals surface area contributed by atoms with Crippen molar-refractivity contribution in [3.63, 3.8) is 0 Å². The quantitative estimate of drug-likeness (QED) is 0.786. The van der Waals surface area contributed by atoms with Crippen molar-refractivity contribution in [1.29, 1.82) is 0 Å². The molecule has 0 aromatic heterocycles. The van der Waals surface area contributed by atoms with Crippen LogP contribution >= 0.6 is 0 Å². The molecule has 1 aliphatic heterocycles. The molecule has 0 unspecified atom stereocenters. The highest BCUT2D eigenvalue weighted by Crippen LogP contribution is 2.32. The highest BCUT2D eigenvalue weighted by molar-refractivity contribution is 7.92. The molecule has 0 radical (unpaired) electrons. The highest BCUT2D eigenvalue weighted by atomic mass is 32.2. The van der Waals surface area contributed by atoms with Crippen molar-refractivity contribution in [2.75, 3.05) is 36.9 Å². The van der Waals surface area contributed by atoms with Crippen molar-refractivity contribution < 1.29 is 17.9 Å². The van der Waals surface area contributed by atoms with Crippen LogP contribution in [0.1, 0.15) is 43.7 Å². The molecule has 6 nitrogen and oxygen atoms in total. The fourth-order valence-corrected chi connectivity index (χ4v) is 4.32. The monoisotopic (exact) mass is 382 g/mol. The summed E-state index contributed by atoms with van der Waals surface area (Å²) in [5, 5.41) is 2.89. The van der Waals surface area contributed by atoms with E-state index in [9.17, 15) is 13.2 Å². The van der Waals surface area contributed by atoms with Crippen LogP contribution in [0.15, 0.2) is 18.2 Å². The number of nitrogens with one attached hydrogen (secondary N) is 1. The van der Waals surface area contributed by atoms with E-state index in [2.05, 4.69) is 5.32 Å². The number of nitrogens with zero attached hydrogens (tertiary/aromatic N) is 1. The maximum atomic E-state index is 12.4. The zero-order valence-electron chi connectivity index (χ0n) is 16.1. The van der Waals surface area contributed by atoms with E-state index >= 15 is 0 Å². The van der Waals surface area contributed by atoms with Crippen LogP contribution in [0.4, 0.5) is 5.69 Å². The number of carbonyl (C=O) groups excluding carboxylic acids is 1. The molecule has 1 aromatic carbocycles. The fourth-order valence-electron chi connectivity index (χ4n) is 3.32. The van der Waals surface area contributed by atoms with Gasteiger partial charge < -0.3 is 10.1 Å². The number of carbonyl (C=O) groups is 1. The van der Waals surface area contributed by atoms with Crippen LogP contribution in [0.5, 0.6) is 0 Å². The molecule has 1 N–H and O–H groups in total. The first kappa shape index (κ1) is 20.7. The van der Waals surface area contributed by atoms with E-state index in [-0.39, 0.29) is 30.8 Å². The molecule has 26 heavy (non-hydrogen) atoms. The Hall–Kier alpha value is -1.60. The largest absolute Gasteiger partial charge is 0.381 e. The molecule has 1 saturated heterocycles. The molecule has 0 aliphatic carbocycles. The lowest BCUT2D eigenvalue weighted by Crippen LogP contribution is -2.41. The number of hydrogen-bond acceptors (Lipinski definition) is 4. The van der Waals surface area contributed by atoms with Gasteiger partial charge >= 0.3 is 0 Å². The SMILES string of the molecule is Cc1cccc(C(C)C)c1N(CCNC(=O)C1CCOCC1)S(C)(=O)=O. The minimum Gasteiger partial charge on any atom is -0.381 e. The van der Waals surface area contributed by atoms with Crippen molar-refractivity contribution in [3.05, 3.63) is 29.3 Å². The summed E-state index contributed by atoms with van der Waals surface area (Å²) >= 11 is 0. The summed E-state index contributed by atoms with van der Waals surface area (Å²) in [6.45, 7) is 7.73. The Morgan fingerprint density at radius 3 is 2.54 bits per heavy atom. The second kappa shape index (κ2) is 8.86. The van der Waals surface area contributed by atoms with E-state index in [0.29, 0.717) is 13.2 Å². The number of para-hydroxylation sites is 1. The van der Waals surface area contributed by atoms with Gasteiger partial charge in [0, 0.05) is 25.7 Å². The van der Waals surface area contributed by atoms with E-state index in [4.69, 9.17) is 4.74 Å². The number of rotatable bonds is 7. The Balaban J connectivity index is 2.13. The van der Waals surface area contributed by atoms with Crippen LogP contribution in [-0.4, -0.2) is 46.9 Å². The molecule has 0 saturated carbocycles. The summed E-state index contributed by atoms with van der Waals surface area (Å²) in [7, 11) is -3.46. The van der Waals surface area contributed by atoms with Gasteiger partial charge in [0.05, 0.1) is 18.5 Å². The van der Waals surface area contributed by atoms with Gasteiger partial charge in [-0.25, -0.2) is 8.42 Å². The summed E-state index contributed by atoms with van der Waals surface area (Å²) < 4.78 is 31.6. The first-order valence-corrected chi connectivity index (χ1v) is 11.0. The summed E-state index contributed by atoms with van der Waals surface area (Å²) in [6, 6.07) is 5.83. The van der Waals surface area contributed by atoms with Gasteiger partial charge in [0.25, 0.3) is 0 Å². The molecule has 0 spiro atoms. The first-order chi connectivity index (χ1) is 12.2. The third-order valence-corrected chi connectivity index (χ3v) is 5.91. The Bertz CT molecular complexity index is 725. The van der Waals surface area contributed by atoms with Gasteiger partial charge in [0.2, 0.25) is 15.9 Å². The molecule has 0 atom stereocenters. The second-order valence-corrected chi connectivity index (χ2v) is 9.09. The maximum absolute atomic E-state index is 12.4. The highest BCUT2D eigenvalue weighted by Gasteiger charge is 2.25. The third kappa shape index (κ3) is 5.20. The number of aryl methyl sites for hydroxylation is 1. The first-order valence-electron chi connectivity index (χ1n) is 9.14. The van der Waals surface area contributed by atoms with Gasteiger partial charge in [-0.3, -0.25) is 9.10 Å². The topological polar surface area (TPSA) is 75.7 Å². The Morgan fingerprint density at radius 1 is 1.31 bits per heavy atom. The van der Waals surface area contributed by atoms with Gasteiger partial charge in [-0.2, -0.15) is 0 Å². The zero-order valence-corrected chi connectivity index (χ0v) is 16.9. The predicted octanol–water partition coefficient (Wildman–Crippen LogP) is 2.43. The summed E-state index contributed by atoms with van der Waals surface area (Å²) in [4.78, 5) is 12.3. The number of hydrogen-bond donors (Lipinski definition) is 1. The number of sulfonamides is 1. The van der Waals surface area contributed by atoms with Crippen molar-refractivity contribution in [2.45, 2.75) is 39.5 Å². The molecule has 1 aromatic rings. The lowest BCUT2D eigenvalue weighted by Gasteiger charge is -2.28. The molecule has 1 aliphatic rings. The van der Waals surface area contributed by atoms with Crippen LogP contribution in [0, 0.1) is 12.8 Å². The third-order valence-electron chi connectivity index (χ3n) is 4.75. The average molecular weight is 383 g/mol. The van der Waals surface area contributed by atoms with Crippen molar-refractivity contribution in [3.8, 4) is 0 Å². The molecule has 146 valence electrons. The van der Waals surface area contributed by atoms with Crippen molar-refractivity contribution >= 4 is 21.6 Å². The number of anilines is 1. The molecule has 1 amide bonds. The van der Waals surface area contributed by atoms with Gasteiger partial charge in [-0.1, -0.05) is 32.0 Å². The lowest BCUT2D eigenvalue weighted by molar-refractivity contribution is -0.127. The molecule has 0 bridgehead atoms. The van der Waals surface area contributed by atoms with Gasteiger partial charge in [0.1, 0.15) is 0 Å². The normalized spacial score (nSPS) is 15.9. The molecule has 1 heterocycles. The van der Waals surface area contributed by atoms with E-state index < -0.39 is 10.0 Å². The number of ether oxygens (including phenoxy) is 1. The van der Waals surface area contributed by atoms with E-state index in [1.165, 1.54) is 10.6 Å². The number of amides is 1. The molecule has 2 rings (SSSR count). The second-order valence-electron chi connectivity index (χ2n) is 7.18. The smallest absolute Gasteiger partial charge is 0.232 e. The Morgan fingerprint density at radius 2 is 1.96 bits per heavy atom. The van der Waals surface area contributed by atoms with Crippen molar-refractivity contribution in [2.24, 2.45) is 5.92 Å². The molecular weight excluding hydrogens is 352 g/mol. The fraction of sp³-hybridized carbons (Fsp3) is 0.632. The molecule has 7 heteroatoms. The summed E-state index contributed by atoms with van der Waals surface area (Å²) in [5.74, 6) is 0.140. The lowest BCUT2D eigenvalue weighted by atomic mass is 9.98. The van der Waals surface area contributed by atoms with Crippen LogP contribution < -0.4 is 9.62 Å². The molecular formula is C19H30N2O4S. The predicted molar refractivity (Wildman–Crippen MR) is 104 cm³/mol. The van der Waals surface area contributed by atoms with E-state index in [1.54, 1.807) is 0 Å². The van der Waals surface area contributed by atoms with Crippen LogP contribution in [0.2, 0.25) is 0 Å². The minimum atomic E-state index is -3.46. The summed E-state index contributed by atoms with van der Waals surface area (Å²) in [5.41, 5.74) is 2.63. The van der Waals surface area contributed by atoms with Gasteiger partial charge in [0.15, 0.2) is 0 Å². The van der Waals surface area contributed by atoms with Crippen molar-refractivity contribution in [1.82, 2.24) is 5.32 Å². The van der Waals surface area contributed by atoms with Gasteiger partial charge in [-0.15, -0.1) is 0 Å². The standard InChI is InChI=1S/C19H30N2O4S/c1-14(2)17-7-5-6-15(3)18(17)21(26(4,23)24)11-10-20-19(22)16-8-12-25-13-9-16/h5-7,14,16H,8-13H2,1-4H3,(H,20,22). The van der Waals surface area contributed by atoms with Gasteiger partial charge in [-0.05, 0) is 36.8 Å². The maximum Gasteiger partial charge on any atom is 0.232 e. The number of benzene rings is 1.